The second kappa shape index (κ2) is 7.88. The summed E-state index contributed by atoms with van der Waals surface area (Å²) in [6.07, 6.45) is 2.49. The summed E-state index contributed by atoms with van der Waals surface area (Å²) in [6, 6.07) is 2.34. The molecule has 0 aromatic carbocycles. The van der Waals surface area contributed by atoms with E-state index in [2.05, 4.69) is 20.2 Å². The molecule has 0 bridgehead atoms. The van der Waals surface area contributed by atoms with Crippen molar-refractivity contribution in [3.05, 3.63) is 22.7 Å². The van der Waals surface area contributed by atoms with Crippen molar-refractivity contribution in [2.75, 3.05) is 33.4 Å². The summed E-state index contributed by atoms with van der Waals surface area (Å²) in [5, 5.41) is 4.03. The molecule has 1 aliphatic heterocycles. The summed E-state index contributed by atoms with van der Waals surface area (Å²) >= 11 is 6.00. The second-order valence-corrected chi connectivity index (χ2v) is 5.66. The van der Waals surface area contributed by atoms with Gasteiger partial charge in [-0.25, -0.2) is 9.97 Å². The van der Waals surface area contributed by atoms with Crippen molar-refractivity contribution in [2.45, 2.75) is 32.4 Å². The fourth-order valence-corrected chi connectivity index (χ4v) is 2.79. The molecule has 1 unspecified atom stereocenters. The zero-order valence-electron chi connectivity index (χ0n) is 12.2. The summed E-state index contributed by atoms with van der Waals surface area (Å²) in [7, 11) is 1.73. The smallest absolute Gasteiger partial charge is 0.144 e. The predicted molar refractivity (Wildman–Crippen MR) is 80.0 cm³/mol. The SMILES string of the molecule is COCCN(Cc1nc(C)cc(Cl)n1)CC1CCCN1. The number of aryl methyl sites for hydroxylation is 1. The molecule has 0 amide bonds. The van der Waals surface area contributed by atoms with Crippen molar-refractivity contribution in [1.29, 1.82) is 0 Å². The van der Waals surface area contributed by atoms with Gasteiger partial charge in [-0.05, 0) is 32.4 Å². The van der Waals surface area contributed by atoms with Crippen LogP contribution in [0.5, 0.6) is 0 Å². The molecule has 1 aliphatic rings. The van der Waals surface area contributed by atoms with Crippen molar-refractivity contribution < 1.29 is 4.74 Å². The molecule has 112 valence electrons. The molecule has 1 fully saturated rings. The number of hydrogen-bond acceptors (Lipinski definition) is 5. The third-order valence-corrected chi connectivity index (χ3v) is 3.68. The average Bonchev–Trinajstić information content (AvgIpc) is 2.87. The fourth-order valence-electron chi connectivity index (χ4n) is 2.54. The Morgan fingerprint density at radius 2 is 2.35 bits per heavy atom. The number of halogens is 1. The molecule has 20 heavy (non-hydrogen) atoms. The van der Waals surface area contributed by atoms with E-state index < -0.39 is 0 Å². The highest BCUT2D eigenvalue weighted by molar-refractivity contribution is 6.29. The molecule has 2 rings (SSSR count). The third kappa shape index (κ3) is 4.98. The van der Waals surface area contributed by atoms with E-state index in [0.29, 0.717) is 24.3 Å². The standard InChI is InChI=1S/C14H23ClN4O/c1-11-8-13(15)18-14(17-11)10-19(6-7-20-2)9-12-4-3-5-16-12/h8,12,16H,3-7,9-10H2,1-2H3. The normalized spacial score (nSPS) is 18.9. The summed E-state index contributed by atoms with van der Waals surface area (Å²) in [5.41, 5.74) is 0.908. The lowest BCUT2D eigenvalue weighted by Crippen LogP contribution is -2.39. The Morgan fingerprint density at radius 1 is 1.50 bits per heavy atom. The average molecular weight is 299 g/mol. The van der Waals surface area contributed by atoms with E-state index in [1.54, 1.807) is 13.2 Å². The van der Waals surface area contributed by atoms with Crippen molar-refractivity contribution >= 4 is 11.6 Å². The largest absolute Gasteiger partial charge is 0.383 e. The zero-order valence-corrected chi connectivity index (χ0v) is 13.0. The first-order valence-electron chi connectivity index (χ1n) is 7.12. The molecule has 6 heteroatoms. The maximum atomic E-state index is 6.00. The van der Waals surface area contributed by atoms with Crippen molar-refractivity contribution in [3.63, 3.8) is 0 Å². The summed E-state index contributed by atoms with van der Waals surface area (Å²) < 4.78 is 5.19. The number of ether oxygens (including phenoxy) is 1. The van der Waals surface area contributed by atoms with Crippen LogP contribution >= 0.6 is 11.6 Å². The Hall–Kier alpha value is -0.750. The summed E-state index contributed by atoms with van der Waals surface area (Å²) in [5.74, 6) is 0.782. The number of methoxy groups -OCH3 is 1. The van der Waals surface area contributed by atoms with E-state index in [0.717, 1.165) is 31.2 Å². The van der Waals surface area contributed by atoms with Crippen LogP contribution in [0, 0.1) is 6.92 Å². The van der Waals surface area contributed by atoms with Crippen LogP contribution in [0.15, 0.2) is 6.07 Å². The van der Waals surface area contributed by atoms with Gasteiger partial charge >= 0.3 is 0 Å². The Balaban J connectivity index is 1.97. The van der Waals surface area contributed by atoms with E-state index in [9.17, 15) is 0 Å². The highest BCUT2D eigenvalue weighted by Gasteiger charge is 2.18. The van der Waals surface area contributed by atoms with Crippen LogP contribution in [0.2, 0.25) is 5.15 Å². The van der Waals surface area contributed by atoms with Crippen LogP contribution in [0.1, 0.15) is 24.4 Å². The number of nitrogens with one attached hydrogen (secondary N) is 1. The van der Waals surface area contributed by atoms with E-state index in [1.807, 2.05) is 6.92 Å². The monoisotopic (exact) mass is 298 g/mol. The van der Waals surface area contributed by atoms with E-state index in [1.165, 1.54) is 12.8 Å². The molecule has 2 heterocycles. The molecule has 0 radical (unpaired) electrons. The van der Waals surface area contributed by atoms with Crippen LogP contribution in [-0.4, -0.2) is 54.3 Å². The van der Waals surface area contributed by atoms with Gasteiger partial charge in [0.25, 0.3) is 0 Å². The maximum absolute atomic E-state index is 6.00. The second-order valence-electron chi connectivity index (χ2n) is 5.27. The zero-order chi connectivity index (χ0) is 14.4. The van der Waals surface area contributed by atoms with Gasteiger partial charge in [-0.1, -0.05) is 11.6 Å². The van der Waals surface area contributed by atoms with Crippen LogP contribution in [-0.2, 0) is 11.3 Å². The van der Waals surface area contributed by atoms with Crippen LogP contribution in [0.25, 0.3) is 0 Å². The molecule has 0 saturated carbocycles. The molecule has 1 aromatic heterocycles. The first-order chi connectivity index (χ1) is 9.67. The molecule has 0 aliphatic carbocycles. The molecular formula is C14H23ClN4O. The quantitative estimate of drug-likeness (QED) is 0.776. The molecule has 1 saturated heterocycles. The van der Waals surface area contributed by atoms with Gasteiger partial charge in [0.05, 0.1) is 13.2 Å². The van der Waals surface area contributed by atoms with Crippen molar-refractivity contribution in [3.8, 4) is 0 Å². The van der Waals surface area contributed by atoms with Gasteiger partial charge in [0.15, 0.2) is 0 Å². The van der Waals surface area contributed by atoms with Crippen LogP contribution in [0.4, 0.5) is 0 Å². The lowest BCUT2D eigenvalue weighted by atomic mass is 10.2. The highest BCUT2D eigenvalue weighted by Crippen LogP contribution is 2.11. The van der Waals surface area contributed by atoms with Gasteiger partial charge in [-0.3, -0.25) is 4.90 Å². The van der Waals surface area contributed by atoms with Gasteiger partial charge < -0.3 is 10.1 Å². The third-order valence-electron chi connectivity index (χ3n) is 3.49. The van der Waals surface area contributed by atoms with Crippen molar-refractivity contribution in [1.82, 2.24) is 20.2 Å². The molecular weight excluding hydrogens is 276 g/mol. The van der Waals surface area contributed by atoms with Crippen LogP contribution in [0.3, 0.4) is 0 Å². The van der Waals surface area contributed by atoms with E-state index in [-0.39, 0.29) is 0 Å². The summed E-state index contributed by atoms with van der Waals surface area (Å²) in [6.45, 7) is 6.36. The Kier molecular flexibility index (Phi) is 6.16. The van der Waals surface area contributed by atoms with Gasteiger partial charge in [0, 0.05) is 31.9 Å². The van der Waals surface area contributed by atoms with Gasteiger partial charge in [-0.2, -0.15) is 0 Å². The first kappa shape index (κ1) is 15.6. The molecule has 0 spiro atoms. The number of rotatable bonds is 7. The lowest BCUT2D eigenvalue weighted by Gasteiger charge is -2.24. The van der Waals surface area contributed by atoms with E-state index in [4.69, 9.17) is 16.3 Å². The Morgan fingerprint density at radius 3 is 3.00 bits per heavy atom. The minimum Gasteiger partial charge on any atom is -0.383 e. The molecule has 1 N–H and O–H groups in total. The van der Waals surface area contributed by atoms with Crippen molar-refractivity contribution in [2.24, 2.45) is 0 Å². The lowest BCUT2D eigenvalue weighted by molar-refractivity contribution is 0.136. The maximum Gasteiger partial charge on any atom is 0.144 e. The summed E-state index contributed by atoms with van der Waals surface area (Å²) in [4.78, 5) is 11.1. The van der Waals surface area contributed by atoms with Crippen LogP contribution < -0.4 is 5.32 Å². The minimum absolute atomic E-state index is 0.512. The number of aromatic nitrogens is 2. The first-order valence-corrected chi connectivity index (χ1v) is 7.50. The van der Waals surface area contributed by atoms with Gasteiger partial charge in [-0.15, -0.1) is 0 Å². The Bertz CT molecular complexity index is 403. The van der Waals surface area contributed by atoms with Gasteiger partial charge in [0.1, 0.15) is 11.0 Å². The fraction of sp³-hybridized carbons (Fsp3) is 0.714. The molecule has 1 aromatic rings. The minimum atomic E-state index is 0.512. The number of hydrogen-bond donors (Lipinski definition) is 1. The number of nitrogens with zero attached hydrogens (tertiary/aromatic N) is 3. The predicted octanol–water partition coefficient (Wildman–Crippen LogP) is 1.64. The van der Waals surface area contributed by atoms with E-state index >= 15 is 0 Å². The molecule has 5 nitrogen and oxygen atoms in total. The van der Waals surface area contributed by atoms with Gasteiger partial charge in [0.2, 0.25) is 0 Å². The molecule has 1 atom stereocenters. The highest BCUT2D eigenvalue weighted by atomic mass is 35.5. The Labute approximate surface area is 125 Å². The topological polar surface area (TPSA) is 50.3 Å².